The Balaban J connectivity index is 2.24. The number of hydrogen-bond acceptors (Lipinski definition) is 4. The zero-order chi connectivity index (χ0) is 17.7. The third-order valence-corrected chi connectivity index (χ3v) is 4.26. The van der Waals surface area contributed by atoms with Gasteiger partial charge in [-0.15, -0.1) is 0 Å². The van der Waals surface area contributed by atoms with Gasteiger partial charge >= 0.3 is 0 Å². The van der Waals surface area contributed by atoms with Gasteiger partial charge in [-0.25, -0.2) is 0 Å². The predicted octanol–water partition coefficient (Wildman–Crippen LogP) is 3.96. The first-order valence-corrected chi connectivity index (χ1v) is 7.86. The molecule has 1 heterocycles. The van der Waals surface area contributed by atoms with E-state index in [1.807, 2.05) is 66.7 Å². The molecule has 4 heteroatoms. The molecule has 0 bridgehead atoms. The van der Waals surface area contributed by atoms with Crippen LogP contribution in [0.3, 0.4) is 0 Å². The Morgan fingerprint density at radius 3 is 1.68 bits per heavy atom. The van der Waals surface area contributed by atoms with E-state index in [4.69, 9.17) is 9.47 Å². The van der Waals surface area contributed by atoms with Crippen LogP contribution in [0.15, 0.2) is 72.9 Å². The fourth-order valence-corrected chi connectivity index (χ4v) is 2.92. The standard InChI is InChI=1S/C21H18N2O2/c1-24-18-10-6-16(7-11-18)21(15-22,20-5-3-4-14-23-20)17-8-12-19(25-2)13-9-17/h3-14H,1-2H3. The molecule has 0 aliphatic rings. The second kappa shape index (κ2) is 7.06. The number of ether oxygens (including phenoxy) is 2. The third-order valence-electron chi connectivity index (χ3n) is 4.26. The summed E-state index contributed by atoms with van der Waals surface area (Å²) in [4.78, 5) is 4.48. The number of pyridine rings is 1. The molecule has 0 fully saturated rings. The zero-order valence-electron chi connectivity index (χ0n) is 14.1. The monoisotopic (exact) mass is 330 g/mol. The van der Waals surface area contributed by atoms with Crippen LogP contribution in [0.4, 0.5) is 0 Å². The van der Waals surface area contributed by atoms with E-state index >= 15 is 0 Å². The number of hydrogen-bond donors (Lipinski definition) is 0. The van der Waals surface area contributed by atoms with Crippen molar-refractivity contribution in [3.05, 3.63) is 89.7 Å². The minimum atomic E-state index is -1.01. The van der Waals surface area contributed by atoms with E-state index in [0.717, 1.165) is 22.6 Å². The summed E-state index contributed by atoms with van der Waals surface area (Å²) in [6.45, 7) is 0. The van der Waals surface area contributed by atoms with Gasteiger partial charge in [0.2, 0.25) is 0 Å². The molecule has 3 rings (SSSR count). The van der Waals surface area contributed by atoms with Gasteiger partial charge in [0.15, 0.2) is 0 Å². The fourth-order valence-electron chi connectivity index (χ4n) is 2.92. The first-order valence-electron chi connectivity index (χ1n) is 7.86. The van der Waals surface area contributed by atoms with Gasteiger partial charge in [-0.1, -0.05) is 30.3 Å². The summed E-state index contributed by atoms with van der Waals surface area (Å²) in [6, 6.07) is 23.1. The van der Waals surface area contributed by atoms with Gasteiger partial charge in [0.05, 0.1) is 26.0 Å². The maximum atomic E-state index is 10.2. The maximum absolute atomic E-state index is 10.2. The average Bonchev–Trinajstić information content (AvgIpc) is 2.71. The highest BCUT2D eigenvalue weighted by Gasteiger charge is 2.38. The quantitative estimate of drug-likeness (QED) is 0.710. The van der Waals surface area contributed by atoms with Gasteiger partial charge in [0, 0.05) is 6.20 Å². The summed E-state index contributed by atoms with van der Waals surface area (Å²) in [5.41, 5.74) is 1.33. The lowest BCUT2D eigenvalue weighted by Crippen LogP contribution is -2.28. The Bertz CT molecular complexity index is 819. The Morgan fingerprint density at radius 2 is 1.32 bits per heavy atom. The number of nitriles is 1. The zero-order valence-corrected chi connectivity index (χ0v) is 14.1. The lowest BCUT2D eigenvalue weighted by atomic mass is 9.73. The molecule has 0 aliphatic carbocycles. The van der Waals surface area contributed by atoms with Gasteiger partial charge in [-0.2, -0.15) is 5.26 Å². The Hall–Kier alpha value is -3.32. The molecular weight excluding hydrogens is 312 g/mol. The molecule has 0 N–H and O–H groups in total. The molecule has 4 nitrogen and oxygen atoms in total. The van der Waals surface area contributed by atoms with Crippen LogP contribution in [0.5, 0.6) is 11.5 Å². The van der Waals surface area contributed by atoms with Crippen molar-refractivity contribution in [2.45, 2.75) is 5.41 Å². The summed E-state index contributed by atoms with van der Waals surface area (Å²) in [5, 5.41) is 10.2. The van der Waals surface area contributed by atoms with Crippen molar-refractivity contribution in [3.63, 3.8) is 0 Å². The average molecular weight is 330 g/mol. The summed E-state index contributed by atoms with van der Waals surface area (Å²) < 4.78 is 10.5. The van der Waals surface area contributed by atoms with E-state index in [9.17, 15) is 5.26 Å². The van der Waals surface area contributed by atoms with Crippen molar-refractivity contribution in [1.82, 2.24) is 4.98 Å². The van der Waals surface area contributed by atoms with E-state index in [-0.39, 0.29) is 0 Å². The lowest BCUT2D eigenvalue weighted by molar-refractivity contribution is 0.414. The van der Waals surface area contributed by atoms with Gasteiger partial charge in [0.1, 0.15) is 16.9 Å². The molecule has 0 amide bonds. The van der Waals surface area contributed by atoms with Crippen molar-refractivity contribution < 1.29 is 9.47 Å². The van der Waals surface area contributed by atoms with Crippen molar-refractivity contribution in [2.24, 2.45) is 0 Å². The number of rotatable bonds is 5. The molecule has 0 radical (unpaired) electrons. The molecule has 124 valence electrons. The highest BCUT2D eigenvalue weighted by molar-refractivity contribution is 5.55. The van der Waals surface area contributed by atoms with E-state index in [1.165, 1.54) is 0 Å². The lowest BCUT2D eigenvalue weighted by Gasteiger charge is -2.27. The van der Waals surface area contributed by atoms with Crippen LogP contribution in [0.25, 0.3) is 0 Å². The van der Waals surface area contributed by atoms with E-state index in [1.54, 1.807) is 20.4 Å². The number of benzene rings is 2. The highest BCUT2D eigenvalue weighted by Crippen LogP contribution is 2.38. The van der Waals surface area contributed by atoms with Gasteiger partial charge < -0.3 is 9.47 Å². The number of methoxy groups -OCH3 is 2. The molecule has 0 aliphatic heterocycles. The molecular formula is C21H18N2O2. The molecule has 0 saturated heterocycles. The fraction of sp³-hybridized carbons (Fsp3) is 0.143. The van der Waals surface area contributed by atoms with Gasteiger partial charge in [-0.05, 0) is 47.5 Å². The molecule has 0 spiro atoms. The molecule has 3 aromatic rings. The Morgan fingerprint density at radius 1 is 0.800 bits per heavy atom. The van der Waals surface area contributed by atoms with E-state index in [0.29, 0.717) is 5.69 Å². The molecule has 25 heavy (non-hydrogen) atoms. The maximum Gasteiger partial charge on any atom is 0.149 e. The Kier molecular flexibility index (Phi) is 4.67. The van der Waals surface area contributed by atoms with Crippen LogP contribution in [-0.4, -0.2) is 19.2 Å². The molecule has 0 atom stereocenters. The van der Waals surface area contributed by atoms with Crippen molar-refractivity contribution in [1.29, 1.82) is 5.26 Å². The Labute approximate surface area is 147 Å². The third kappa shape index (κ3) is 2.92. The highest BCUT2D eigenvalue weighted by atomic mass is 16.5. The van der Waals surface area contributed by atoms with Crippen LogP contribution in [0, 0.1) is 11.3 Å². The van der Waals surface area contributed by atoms with Crippen molar-refractivity contribution in [2.75, 3.05) is 14.2 Å². The molecule has 0 saturated carbocycles. The molecule has 1 aromatic heterocycles. The SMILES string of the molecule is COc1ccc(C(C#N)(c2ccc(OC)cc2)c2ccccn2)cc1. The largest absolute Gasteiger partial charge is 0.497 e. The summed E-state index contributed by atoms with van der Waals surface area (Å²) in [5.74, 6) is 1.48. The second-order valence-electron chi connectivity index (χ2n) is 5.53. The normalized spacial score (nSPS) is 10.8. The van der Waals surface area contributed by atoms with E-state index in [2.05, 4.69) is 11.1 Å². The number of aromatic nitrogens is 1. The second-order valence-corrected chi connectivity index (χ2v) is 5.53. The van der Waals surface area contributed by atoms with Crippen LogP contribution in [0.2, 0.25) is 0 Å². The first kappa shape index (κ1) is 16.5. The van der Waals surface area contributed by atoms with Crippen LogP contribution in [-0.2, 0) is 5.41 Å². The van der Waals surface area contributed by atoms with Crippen molar-refractivity contribution >= 4 is 0 Å². The van der Waals surface area contributed by atoms with E-state index < -0.39 is 5.41 Å². The van der Waals surface area contributed by atoms with Crippen LogP contribution < -0.4 is 9.47 Å². The van der Waals surface area contributed by atoms with Gasteiger partial charge in [-0.3, -0.25) is 4.98 Å². The minimum Gasteiger partial charge on any atom is -0.497 e. The van der Waals surface area contributed by atoms with Gasteiger partial charge in [0.25, 0.3) is 0 Å². The first-order chi connectivity index (χ1) is 12.2. The predicted molar refractivity (Wildman–Crippen MR) is 95.7 cm³/mol. The summed E-state index contributed by atoms with van der Waals surface area (Å²) >= 11 is 0. The topological polar surface area (TPSA) is 55.1 Å². The molecule has 2 aromatic carbocycles. The summed E-state index contributed by atoms with van der Waals surface area (Å²) in [7, 11) is 3.24. The summed E-state index contributed by atoms with van der Waals surface area (Å²) in [6.07, 6.45) is 1.70. The van der Waals surface area contributed by atoms with Crippen molar-refractivity contribution in [3.8, 4) is 17.6 Å². The van der Waals surface area contributed by atoms with Crippen LogP contribution >= 0.6 is 0 Å². The number of nitrogens with zero attached hydrogens (tertiary/aromatic N) is 2. The molecule has 0 unspecified atom stereocenters. The van der Waals surface area contributed by atoms with Crippen LogP contribution in [0.1, 0.15) is 16.8 Å². The smallest absolute Gasteiger partial charge is 0.149 e. The minimum absolute atomic E-state index is 0.674.